The maximum Gasteiger partial charge on any atom is 0.191 e. The van der Waals surface area contributed by atoms with Gasteiger partial charge < -0.3 is 10.6 Å². The molecule has 1 saturated carbocycles. The Morgan fingerprint density at radius 1 is 1.37 bits per heavy atom. The van der Waals surface area contributed by atoms with E-state index in [-0.39, 0.29) is 24.0 Å². The van der Waals surface area contributed by atoms with E-state index in [0.29, 0.717) is 6.04 Å². The molecule has 2 aromatic rings. The van der Waals surface area contributed by atoms with Gasteiger partial charge in [-0.25, -0.2) is 4.98 Å². The third-order valence-corrected chi connectivity index (χ3v) is 5.90. The maximum atomic E-state index is 4.40. The van der Waals surface area contributed by atoms with Crippen LogP contribution in [0.2, 0.25) is 0 Å². The number of nitrogens with one attached hydrogen (secondary N) is 3. The number of guanidine groups is 1. The summed E-state index contributed by atoms with van der Waals surface area (Å²) in [5, 5.41) is 14.6. The predicted molar refractivity (Wildman–Crippen MR) is 125 cm³/mol. The normalized spacial score (nSPS) is 20.0. The first-order chi connectivity index (χ1) is 12.8. The summed E-state index contributed by atoms with van der Waals surface area (Å²) in [5.41, 5.74) is 2.22. The van der Waals surface area contributed by atoms with Gasteiger partial charge in [-0.15, -0.1) is 24.0 Å². The van der Waals surface area contributed by atoms with Crippen molar-refractivity contribution in [2.24, 2.45) is 4.99 Å². The molecule has 2 atom stereocenters. The van der Waals surface area contributed by atoms with E-state index in [1.807, 2.05) is 19.2 Å². The van der Waals surface area contributed by atoms with Gasteiger partial charge in [-0.2, -0.15) is 16.9 Å². The third-order valence-electron chi connectivity index (χ3n) is 4.67. The van der Waals surface area contributed by atoms with Crippen molar-refractivity contribution >= 4 is 41.7 Å². The number of aromatic amines is 1. The second kappa shape index (κ2) is 11.5. The number of aliphatic imine (C=N–C) groups is 1. The maximum absolute atomic E-state index is 4.40. The minimum Gasteiger partial charge on any atom is -0.354 e. The van der Waals surface area contributed by atoms with Crippen LogP contribution in [0.3, 0.4) is 0 Å². The zero-order valence-corrected chi connectivity index (χ0v) is 19.1. The molecule has 0 bridgehead atoms. The summed E-state index contributed by atoms with van der Waals surface area (Å²) in [7, 11) is 1.83. The van der Waals surface area contributed by atoms with Crippen molar-refractivity contribution in [3.05, 3.63) is 36.2 Å². The van der Waals surface area contributed by atoms with Gasteiger partial charge in [0.2, 0.25) is 0 Å². The highest BCUT2D eigenvalue weighted by Crippen LogP contribution is 2.28. The van der Waals surface area contributed by atoms with Crippen molar-refractivity contribution in [3.8, 4) is 11.4 Å². The molecule has 3 rings (SSSR count). The zero-order chi connectivity index (χ0) is 18.2. The first kappa shape index (κ1) is 22.0. The Labute approximate surface area is 182 Å². The standard InChI is InChI=1S/C19H28N6S.HI/c1-3-26-17-9-5-8-16(11-17)24-19(20-2)21-12-14-6-4-7-15(10-14)18-22-13-23-25-18;/h4,6-7,10,13,16-17H,3,5,8-9,11-12H2,1-2H3,(H2,20,21,24)(H,22,23,25);1H. The monoisotopic (exact) mass is 500 g/mol. The molecule has 148 valence electrons. The largest absolute Gasteiger partial charge is 0.354 e. The third kappa shape index (κ3) is 6.67. The lowest BCUT2D eigenvalue weighted by Crippen LogP contribution is -2.45. The second-order valence-corrected chi connectivity index (χ2v) is 8.12. The van der Waals surface area contributed by atoms with E-state index in [2.05, 4.69) is 61.6 Å². The molecule has 1 aliphatic carbocycles. The van der Waals surface area contributed by atoms with Gasteiger partial charge in [0.25, 0.3) is 0 Å². The van der Waals surface area contributed by atoms with E-state index in [4.69, 9.17) is 0 Å². The van der Waals surface area contributed by atoms with E-state index in [9.17, 15) is 0 Å². The SMILES string of the molecule is CCSC1CCCC(NC(=NC)NCc2cccc(-c3ncn[nH]3)c2)C1.I. The number of nitrogens with zero attached hydrogens (tertiary/aromatic N) is 3. The van der Waals surface area contributed by atoms with E-state index in [1.54, 1.807) is 0 Å². The van der Waals surface area contributed by atoms with Crippen LogP contribution in [0.1, 0.15) is 38.2 Å². The Bertz CT molecular complexity index is 704. The fraction of sp³-hybridized carbons (Fsp3) is 0.526. The van der Waals surface area contributed by atoms with Crippen molar-refractivity contribution < 1.29 is 0 Å². The van der Waals surface area contributed by atoms with Crippen LogP contribution in [0.15, 0.2) is 35.6 Å². The molecule has 1 heterocycles. The van der Waals surface area contributed by atoms with E-state index >= 15 is 0 Å². The Morgan fingerprint density at radius 3 is 3.00 bits per heavy atom. The van der Waals surface area contributed by atoms with Gasteiger partial charge in [0.1, 0.15) is 6.33 Å². The molecule has 3 N–H and O–H groups in total. The molecule has 8 heteroatoms. The highest BCUT2D eigenvalue weighted by molar-refractivity contribution is 14.0. The summed E-state index contributed by atoms with van der Waals surface area (Å²) in [6.07, 6.45) is 6.62. The highest BCUT2D eigenvalue weighted by atomic mass is 127. The van der Waals surface area contributed by atoms with Gasteiger partial charge in [0.05, 0.1) is 0 Å². The van der Waals surface area contributed by atoms with Crippen LogP contribution >= 0.6 is 35.7 Å². The Hall–Kier alpha value is -1.29. The fourth-order valence-corrected chi connectivity index (χ4v) is 4.58. The molecule has 0 radical (unpaired) electrons. The molecule has 0 saturated heterocycles. The molecule has 1 fully saturated rings. The van der Waals surface area contributed by atoms with E-state index in [0.717, 1.165) is 29.1 Å². The average Bonchev–Trinajstić information content (AvgIpc) is 3.21. The quantitative estimate of drug-likeness (QED) is 0.320. The molecule has 27 heavy (non-hydrogen) atoms. The molecule has 0 aliphatic heterocycles. The van der Waals surface area contributed by atoms with Crippen molar-refractivity contribution in [1.82, 2.24) is 25.8 Å². The van der Waals surface area contributed by atoms with Crippen LogP contribution in [0.5, 0.6) is 0 Å². The molecule has 1 aromatic carbocycles. The van der Waals surface area contributed by atoms with Crippen LogP contribution in [0.25, 0.3) is 11.4 Å². The minimum absolute atomic E-state index is 0. The Kier molecular flexibility index (Phi) is 9.40. The first-order valence-corrected chi connectivity index (χ1v) is 10.4. The number of H-pyrrole nitrogens is 1. The van der Waals surface area contributed by atoms with Crippen molar-refractivity contribution in [3.63, 3.8) is 0 Å². The molecular weight excluding hydrogens is 471 g/mol. The Morgan fingerprint density at radius 2 is 2.26 bits per heavy atom. The summed E-state index contributed by atoms with van der Waals surface area (Å²) in [5.74, 6) is 2.87. The van der Waals surface area contributed by atoms with Gasteiger partial charge in [-0.1, -0.05) is 31.5 Å². The fourth-order valence-electron chi connectivity index (χ4n) is 3.41. The van der Waals surface area contributed by atoms with Gasteiger partial charge in [-0.3, -0.25) is 10.1 Å². The van der Waals surface area contributed by atoms with Crippen LogP contribution in [-0.4, -0.2) is 45.2 Å². The van der Waals surface area contributed by atoms with Gasteiger partial charge >= 0.3 is 0 Å². The molecule has 2 unspecified atom stereocenters. The number of rotatable bonds is 6. The molecule has 1 aromatic heterocycles. The lowest BCUT2D eigenvalue weighted by Gasteiger charge is -2.30. The minimum atomic E-state index is 0. The van der Waals surface area contributed by atoms with Crippen LogP contribution in [0, 0.1) is 0 Å². The molecule has 6 nitrogen and oxygen atoms in total. The molecule has 0 spiro atoms. The number of halogens is 1. The van der Waals surface area contributed by atoms with Gasteiger partial charge in [0.15, 0.2) is 11.8 Å². The predicted octanol–water partition coefficient (Wildman–Crippen LogP) is 3.82. The first-order valence-electron chi connectivity index (χ1n) is 9.32. The number of thioether (sulfide) groups is 1. The Balaban J connectivity index is 0.00000261. The van der Waals surface area contributed by atoms with Gasteiger partial charge in [0, 0.05) is 30.4 Å². The second-order valence-electron chi connectivity index (χ2n) is 6.55. The number of hydrogen-bond donors (Lipinski definition) is 3. The number of hydrogen-bond acceptors (Lipinski definition) is 4. The molecule has 1 aliphatic rings. The molecular formula is C19H29IN6S. The summed E-state index contributed by atoms with van der Waals surface area (Å²) in [6.45, 7) is 2.97. The number of aromatic nitrogens is 3. The lowest BCUT2D eigenvalue weighted by atomic mass is 9.95. The van der Waals surface area contributed by atoms with Crippen LogP contribution in [0.4, 0.5) is 0 Å². The van der Waals surface area contributed by atoms with Gasteiger partial charge in [-0.05, 0) is 36.6 Å². The summed E-state index contributed by atoms with van der Waals surface area (Å²) in [6, 6.07) is 8.81. The summed E-state index contributed by atoms with van der Waals surface area (Å²) in [4.78, 5) is 8.61. The average molecular weight is 500 g/mol. The zero-order valence-electron chi connectivity index (χ0n) is 15.9. The van der Waals surface area contributed by atoms with Crippen LogP contribution < -0.4 is 10.6 Å². The van der Waals surface area contributed by atoms with Crippen molar-refractivity contribution in [2.75, 3.05) is 12.8 Å². The summed E-state index contributed by atoms with van der Waals surface area (Å²) < 4.78 is 0. The topological polar surface area (TPSA) is 78.0 Å². The van der Waals surface area contributed by atoms with E-state index in [1.165, 1.54) is 43.3 Å². The van der Waals surface area contributed by atoms with E-state index < -0.39 is 0 Å². The molecule has 0 amide bonds. The summed E-state index contributed by atoms with van der Waals surface area (Å²) >= 11 is 2.09. The number of benzene rings is 1. The highest BCUT2D eigenvalue weighted by Gasteiger charge is 2.22. The van der Waals surface area contributed by atoms with Crippen molar-refractivity contribution in [1.29, 1.82) is 0 Å². The van der Waals surface area contributed by atoms with Crippen LogP contribution in [-0.2, 0) is 6.54 Å². The lowest BCUT2D eigenvalue weighted by molar-refractivity contribution is 0.419. The van der Waals surface area contributed by atoms with Crippen molar-refractivity contribution in [2.45, 2.75) is 50.4 Å². The smallest absolute Gasteiger partial charge is 0.191 e.